The zero-order valence-corrected chi connectivity index (χ0v) is 18.4. The van der Waals surface area contributed by atoms with E-state index in [0.29, 0.717) is 21.5 Å². The first kappa shape index (κ1) is 22.1. The van der Waals surface area contributed by atoms with Crippen molar-refractivity contribution in [3.8, 4) is 0 Å². The number of carboxylic acids is 1. The fourth-order valence-electron chi connectivity index (χ4n) is 4.09. The van der Waals surface area contributed by atoms with Crippen LogP contribution >= 0.6 is 11.6 Å². The Morgan fingerprint density at radius 2 is 1.60 bits per heavy atom. The Kier molecular flexibility index (Phi) is 5.18. The van der Waals surface area contributed by atoms with E-state index in [-0.39, 0.29) is 33.8 Å². The largest absolute Gasteiger partial charge is 0.478 e. The van der Waals surface area contributed by atoms with Crippen molar-refractivity contribution in [3.05, 3.63) is 105 Å². The van der Waals surface area contributed by atoms with Crippen molar-refractivity contribution in [1.82, 2.24) is 0 Å². The van der Waals surface area contributed by atoms with Gasteiger partial charge in [0.25, 0.3) is 17.5 Å². The number of carbonyl (C=O) groups is 3. The van der Waals surface area contributed by atoms with E-state index in [0.717, 1.165) is 11.0 Å². The van der Waals surface area contributed by atoms with Crippen LogP contribution in [0.1, 0.15) is 31.1 Å². The summed E-state index contributed by atoms with van der Waals surface area (Å²) in [6, 6.07) is 17.7. The number of nitrogens with zero attached hydrogens (tertiary/aromatic N) is 2. The number of amides is 2. The van der Waals surface area contributed by atoms with Crippen LogP contribution in [0.25, 0.3) is 10.8 Å². The maximum Gasteiger partial charge on any atom is 0.335 e. The minimum absolute atomic E-state index is 0.00846. The molecule has 0 atom stereocenters. The molecular formula is C25H14ClN3O6. The molecule has 4 aromatic carbocycles. The molecule has 0 aliphatic carbocycles. The lowest BCUT2D eigenvalue weighted by atomic mass is 9.91. The molecule has 10 heteroatoms. The summed E-state index contributed by atoms with van der Waals surface area (Å²) in [6.45, 7) is 0. The zero-order valence-electron chi connectivity index (χ0n) is 17.7. The summed E-state index contributed by atoms with van der Waals surface area (Å²) in [5.41, 5.74) is 0.646. The highest BCUT2D eigenvalue weighted by Crippen LogP contribution is 2.42. The predicted octanol–water partition coefficient (Wildman–Crippen LogP) is 5.64. The molecule has 172 valence electrons. The first-order valence-corrected chi connectivity index (χ1v) is 10.6. The number of hydrogen-bond donors (Lipinski definition) is 2. The minimum atomic E-state index is -1.15. The Morgan fingerprint density at radius 1 is 0.943 bits per heavy atom. The smallest absolute Gasteiger partial charge is 0.335 e. The second kappa shape index (κ2) is 8.23. The van der Waals surface area contributed by atoms with Crippen molar-refractivity contribution < 1.29 is 24.4 Å². The summed E-state index contributed by atoms with van der Waals surface area (Å²) in [5.74, 6) is -2.52. The van der Waals surface area contributed by atoms with E-state index in [4.69, 9.17) is 16.7 Å². The third-order valence-corrected chi connectivity index (χ3v) is 5.94. The van der Waals surface area contributed by atoms with Gasteiger partial charge in [0.1, 0.15) is 5.69 Å². The lowest BCUT2D eigenvalue weighted by Gasteiger charge is -2.28. The van der Waals surface area contributed by atoms with Crippen LogP contribution in [0.2, 0.25) is 5.02 Å². The molecule has 1 aliphatic rings. The molecule has 0 unspecified atom stereocenters. The number of halogens is 1. The van der Waals surface area contributed by atoms with E-state index < -0.39 is 22.7 Å². The number of nitro groups is 1. The SMILES string of the molecule is O=C(O)c1ccc(N2C(=O)c3cccc4c(Nc5ccc(Cl)cc5)c([N+](=O)[O-])cc(c34)C2=O)cc1. The summed E-state index contributed by atoms with van der Waals surface area (Å²) in [4.78, 5) is 50.3. The molecule has 0 radical (unpaired) electrons. The number of aromatic carboxylic acids is 1. The summed E-state index contributed by atoms with van der Waals surface area (Å²) in [7, 11) is 0. The highest BCUT2D eigenvalue weighted by molar-refractivity contribution is 6.37. The number of nitro benzene ring substituents is 1. The van der Waals surface area contributed by atoms with Crippen molar-refractivity contribution >= 4 is 62.9 Å². The average molecular weight is 488 g/mol. The van der Waals surface area contributed by atoms with E-state index in [1.807, 2.05) is 0 Å². The molecule has 4 aromatic rings. The summed E-state index contributed by atoms with van der Waals surface area (Å²) >= 11 is 5.94. The lowest BCUT2D eigenvalue weighted by Crippen LogP contribution is -2.40. The molecule has 9 nitrogen and oxygen atoms in total. The van der Waals surface area contributed by atoms with Crippen LogP contribution in [0.5, 0.6) is 0 Å². The molecule has 0 fully saturated rings. The van der Waals surface area contributed by atoms with Gasteiger partial charge in [-0.05, 0) is 54.6 Å². The molecular weight excluding hydrogens is 474 g/mol. The summed E-state index contributed by atoms with van der Waals surface area (Å²) in [6.07, 6.45) is 0. The fraction of sp³-hybridized carbons (Fsp3) is 0. The Morgan fingerprint density at radius 3 is 2.23 bits per heavy atom. The number of carbonyl (C=O) groups excluding carboxylic acids is 2. The van der Waals surface area contributed by atoms with Crippen molar-refractivity contribution in [2.45, 2.75) is 0 Å². The molecule has 0 bridgehead atoms. The molecule has 2 amide bonds. The van der Waals surface area contributed by atoms with Gasteiger partial charge in [0.05, 0.1) is 21.7 Å². The molecule has 5 rings (SSSR count). The van der Waals surface area contributed by atoms with Gasteiger partial charge >= 0.3 is 5.97 Å². The van der Waals surface area contributed by atoms with Gasteiger partial charge in [-0.3, -0.25) is 19.7 Å². The van der Waals surface area contributed by atoms with Crippen molar-refractivity contribution in [2.24, 2.45) is 0 Å². The molecule has 1 heterocycles. The number of imide groups is 1. The number of carboxylic acid groups (broad SMARTS) is 1. The van der Waals surface area contributed by atoms with Crippen LogP contribution in [0.15, 0.2) is 72.8 Å². The van der Waals surface area contributed by atoms with Gasteiger partial charge in [0, 0.05) is 33.1 Å². The van der Waals surface area contributed by atoms with Gasteiger partial charge in [-0.15, -0.1) is 0 Å². The van der Waals surface area contributed by atoms with E-state index in [9.17, 15) is 24.5 Å². The van der Waals surface area contributed by atoms with Crippen LogP contribution in [-0.4, -0.2) is 27.8 Å². The van der Waals surface area contributed by atoms with E-state index >= 15 is 0 Å². The Labute approximate surface area is 202 Å². The van der Waals surface area contributed by atoms with E-state index in [2.05, 4.69) is 5.32 Å². The third-order valence-electron chi connectivity index (χ3n) is 5.69. The van der Waals surface area contributed by atoms with Crippen molar-refractivity contribution in [1.29, 1.82) is 0 Å². The number of rotatable bonds is 5. The van der Waals surface area contributed by atoms with E-state index in [1.54, 1.807) is 36.4 Å². The molecule has 0 spiro atoms. The van der Waals surface area contributed by atoms with Crippen molar-refractivity contribution in [2.75, 3.05) is 10.2 Å². The van der Waals surface area contributed by atoms with Gasteiger partial charge in [-0.1, -0.05) is 23.7 Å². The number of benzene rings is 4. The first-order valence-electron chi connectivity index (χ1n) is 10.2. The van der Waals surface area contributed by atoms with Gasteiger partial charge in [0.2, 0.25) is 0 Å². The Hall–Kier alpha value is -4.76. The minimum Gasteiger partial charge on any atom is -0.478 e. The molecule has 2 N–H and O–H groups in total. The molecule has 0 saturated heterocycles. The maximum absolute atomic E-state index is 13.4. The van der Waals surface area contributed by atoms with Crippen molar-refractivity contribution in [3.63, 3.8) is 0 Å². The standard InChI is InChI=1S/C25H14ClN3O6/c26-14-6-8-15(9-7-14)27-22-17-2-1-3-18-21(17)19(12-20(22)29(34)35)24(31)28(23(18)30)16-10-4-13(5-11-16)25(32)33/h1-12,27H,(H,32,33). The highest BCUT2D eigenvalue weighted by Gasteiger charge is 2.37. The topological polar surface area (TPSA) is 130 Å². The number of hydrogen-bond acceptors (Lipinski definition) is 6. The van der Waals surface area contributed by atoms with Gasteiger partial charge in [-0.2, -0.15) is 0 Å². The van der Waals surface area contributed by atoms with Crippen LogP contribution in [-0.2, 0) is 0 Å². The normalized spacial score (nSPS) is 12.7. The van der Waals surface area contributed by atoms with Crippen LogP contribution < -0.4 is 10.2 Å². The Bertz CT molecular complexity index is 1570. The average Bonchev–Trinajstić information content (AvgIpc) is 2.84. The fourth-order valence-corrected chi connectivity index (χ4v) is 4.22. The molecule has 0 saturated carbocycles. The zero-order chi connectivity index (χ0) is 24.9. The summed E-state index contributed by atoms with van der Waals surface area (Å²) < 4.78 is 0. The Balaban J connectivity index is 1.70. The lowest BCUT2D eigenvalue weighted by molar-refractivity contribution is -0.383. The highest BCUT2D eigenvalue weighted by atomic mass is 35.5. The third kappa shape index (κ3) is 3.64. The van der Waals surface area contributed by atoms with Gasteiger partial charge < -0.3 is 10.4 Å². The predicted molar refractivity (Wildman–Crippen MR) is 130 cm³/mol. The quantitative estimate of drug-likeness (QED) is 0.211. The maximum atomic E-state index is 13.4. The monoisotopic (exact) mass is 487 g/mol. The number of anilines is 3. The second-order valence-corrected chi connectivity index (χ2v) is 8.17. The van der Waals surface area contributed by atoms with E-state index in [1.165, 1.54) is 30.3 Å². The van der Waals surface area contributed by atoms with Gasteiger partial charge in [-0.25, -0.2) is 9.69 Å². The van der Waals surface area contributed by atoms with Crippen LogP contribution in [0, 0.1) is 10.1 Å². The molecule has 35 heavy (non-hydrogen) atoms. The van der Waals surface area contributed by atoms with Crippen LogP contribution in [0.3, 0.4) is 0 Å². The first-order chi connectivity index (χ1) is 16.8. The molecule has 1 aliphatic heterocycles. The van der Waals surface area contributed by atoms with Gasteiger partial charge in [0.15, 0.2) is 0 Å². The van der Waals surface area contributed by atoms with Crippen LogP contribution in [0.4, 0.5) is 22.7 Å². The summed E-state index contributed by atoms with van der Waals surface area (Å²) in [5, 5.41) is 25.3. The molecule has 0 aromatic heterocycles. The second-order valence-electron chi connectivity index (χ2n) is 7.73. The number of nitrogens with one attached hydrogen (secondary N) is 1.